The molecular weight excluding hydrogens is 268 g/mol. The molecule has 0 bridgehead atoms. The van der Waals surface area contributed by atoms with Crippen LogP contribution in [-0.4, -0.2) is 42.5 Å². The van der Waals surface area contributed by atoms with Crippen LogP contribution in [0.3, 0.4) is 0 Å². The number of nitrogens with zero attached hydrogens (tertiary/aromatic N) is 1. The van der Waals surface area contributed by atoms with Gasteiger partial charge in [0.2, 0.25) is 5.91 Å². The van der Waals surface area contributed by atoms with E-state index >= 15 is 0 Å². The first-order valence-electron chi connectivity index (χ1n) is 6.04. The molecule has 1 aliphatic heterocycles. The lowest BCUT2D eigenvalue weighted by Gasteiger charge is -2.32. The van der Waals surface area contributed by atoms with Gasteiger partial charge in [0.1, 0.15) is 11.8 Å². The second-order valence-electron chi connectivity index (χ2n) is 4.27. The maximum atomic E-state index is 12.0. The van der Waals surface area contributed by atoms with E-state index in [1.807, 2.05) is 0 Å². The van der Waals surface area contributed by atoms with E-state index in [0.717, 1.165) is 0 Å². The Balaban J connectivity index is 1.94. The highest BCUT2D eigenvalue weighted by Crippen LogP contribution is 2.23. The zero-order valence-electron chi connectivity index (χ0n) is 10.6. The van der Waals surface area contributed by atoms with Crippen LogP contribution in [0.4, 0.5) is 0 Å². The summed E-state index contributed by atoms with van der Waals surface area (Å²) in [5.41, 5.74) is 0. The van der Waals surface area contributed by atoms with Gasteiger partial charge in [-0.3, -0.25) is 9.59 Å². The Morgan fingerprint density at radius 3 is 3.00 bits per heavy atom. The fourth-order valence-corrected chi connectivity index (χ4v) is 2.10. The third-order valence-electron chi connectivity index (χ3n) is 3.01. The molecule has 1 N–H and O–H groups in total. The average Bonchev–Trinajstić information content (AvgIpc) is 2.40. The molecule has 1 saturated heterocycles. The first-order chi connectivity index (χ1) is 9.09. The molecule has 5 nitrogen and oxygen atoms in total. The summed E-state index contributed by atoms with van der Waals surface area (Å²) >= 11 is 5.93. The summed E-state index contributed by atoms with van der Waals surface area (Å²) in [6.45, 7) is 2.54. The fourth-order valence-electron chi connectivity index (χ4n) is 1.91. The van der Waals surface area contributed by atoms with E-state index < -0.39 is 6.04 Å². The van der Waals surface area contributed by atoms with E-state index in [1.165, 1.54) is 4.90 Å². The fraction of sp³-hybridized carbons (Fsp3) is 0.385. The van der Waals surface area contributed by atoms with Gasteiger partial charge in [0.25, 0.3) is 5.91 Å². The number of benzene rings is 1. The van der Waals surface area contributed by atoms with E-state index in [0.29, 0.717) is 23.9 Å². The van der Waals surface area contributed by atoms with Crippen molar-refractivity contribution in [1.29, 1.82) is 0 Å². The van der Waals surface area contributed by atoms with E-state index in [9.17, 15) is 9.59 Å². The number of nitrogens with one attached hydrogen (secondary N) is 1. The number of carbonyl (C=O) groups excluding carboxylic acids is 2. The smallest absolute Gasteiger partial charge is 0.261 e. The second kappa shape index (κ2) is 5.93. The number of hydrogen-bond acceptors (Lipinski definition) is 3. The van der Waals surface area contributed by atoms with Crippen molar-refractivity contribution in [1.82, 2.24) is 10.2 Å². The van der Waals surface area contributed by atoms with Gasteiger partial charge < -0.3 is 15.0 Å². The first kappa shape index (κ1) is 13.7. The number of hydrogen-bond donors (Lipinski definition) is 1. The van der Waals surface area contributed by atoms with Gasteiger partial charge in [-0.1, -0.05) is 23.7 Å². The highest BCUT2D eigenvalue weighted by molar-refractivity contribution is 6.32. The van der Waals surface area contributed by atoms with Crippen LogP contribution in [0, 0.1) is 0 Å². The zero-order valence-corrected chi connectivity index (χ0v) is 11.3. The maximum absolute atomic E-state index is 12.0. The molecule has 1 fully saturated rings. The number of carbonyl (C=O) groups is 2. The molecular formula is C13H15ClN2O3. The van der Waals surface area contributed by atoms with Crippen LogP contribution in [0.25, 0.3) is 0 Å². The topological polar surface area (TPSA) is 58.6 Å². The highest BCUT2D eigenvalue weighted by Gasteiger charge is 2.29. The van der Waals surface area contributed by atoms with E-state index in [1.54, 1.807) is 31.2 Å². The molecule has 0 aromatic heterocycles. The Labute approximate surface area is 116 Å². The molecule has 0 aliphatic carbocycles. The molecule has 6 heteroatoms. The molecule has 19 heavy (non-hydrogen) atoms. The van der Waals surface area contributed by atoms with Crippen LogP contribution in [0.5, 0.6) is 5.75 Å². The number of para-hydroxylation sites is 1. The van der Waals surface area contributed by atoms with Crippen molar-refractivity contribution in [3.8, 4) is 5.75 Å². The van der Waals surface area contributed by atoms with Gasteiger partial charge in [0.15, 0.2) is 6.61 Å². The molecule has 2 amide bonds. The minimum Gasteiger partial charge on any atom is -0.482 e. The van der Waals surface area contributed by atoms with E-state index in [4.69, 9.17) is 16.3 Å². The number of rotatable bonds is 3. The molecule has 102 valence electrons. The zero-order chi connectivity index (χ0) is 13.8. The van der Waals surface area contributed by atoms with Crippen LogP contribution >= 0.6 is 11.6 Å². The monoisotopic (exact) mass is 282 g/mol. The number of ether oxygens (including phenoxy) is 1. The van der Waals surface area contributed by atoms with Crippen LogP contribution in [0.2, 0.25) is 5.02 Å². The standard InChI is InChI=1S/C13H15ClN2O3/c1-9-13(18)15-6-7-16(9)12(17)8-19-11-5-3-2-4-10(11)14/h2-5,9H,6-8H2,1H3,(H,15,18). The van der Waals surface area contributed by atoms with Crippen molar-refractivity contribution in [2.75, 3.05) is 19.7 Å². The lowest BCUT2D eigenvalue weighted by molar-refractivity contribution is -0.143. The molecule has 0 saturated carbocycles. The molecule has 1 aliphatic rings. The number of amides is 2. The summed E-state index contributed by atoms with van der Waals surface area (Å²) < 4.78 is 5.38. The quantitative estimate of drug-likeness (QED) is 0.902. The van der Waals surface area contributed by atoms with Crippen molar-refractivity contribution < 1.29 is 14.3 Å². The summed E-state index contributed by atoms with van der Waals surface area (Å²) in [6.07, 6.45) is 0. The van der Waals surface area contributed by atoms with Gasteiger partial charge >= 0.3 is 0 Å². The van der Waals surface area contributed by atoms with Crippen LogP contribution in [0.1, 0.15) is 6.92 Å². The highest BCUT2D eigenvalue weighted by atomic mass is 35.5. The molecule has 1 heterocycles. The summed E-state index contributed by atoms with van der Waals surface area (Å²) in [4.78, 5) is 25.0. The predicted octanol–water partition coefficient (Wildman–Crippen LogP) is 1.07. The first-order valence-corrected chi connectivity index (χ1v) is 6.42. The summed E-state index contributed by atoms with van der Waals surface area (Å²) in [6, 6.07) is 6.49. The molecule has 1 aromatic carbocycles. The van der Waals surface area contributed by atoms with Crippen molar-refractivity contribution in [3.63, 3.8) is 0 Å². The molecule has 1 atom stereocenters. The third kappa shape index (κ3) is 3.17. The number of piperazine rings is 1. The van der Waals surface area contributed by atoms with Gasteiger partial charge in [0.05, 0.1) is 5.02 Å². The van der Waals surface area contributed by atoms with Crippen molar-refractivity contribution in [3.05, 3.63) is 29.3 Å². The van der Waals surface area contributed by atoms with Crippen LogP contribution in [0.15, 0.2) is 24.3 Å². The summed E-state index contributed by atoms with van der Waals surface area (Å²) in [7, 11) is 0. The SMILES string of the molecule is CC1C(=O)NCCN1C(=O)COc1ccccc1Cl. The maximum Gasteiger partial charge on any atom is 0.261 e. The lowest BCUT2D eigenvalue weighted by atomic mass is 10.2. The summed E-state index contributed by atoms with van der Waals surface area (Å²) in [5, 5.41) is 3.16. The van der Waals surface area contributed by atoms with Gasteiger partial charge in [0, 0.05) is 13.1 Å². The minimum atomic E-state index is -0.462. The summed E-state index contributed by atoms with van der Waals surface area (Å²) in [5.74, 6) is 0.103. The van der Waals surface area contributed by atoms with Crippen LogP contribution < -0.4 is 10.1 Å². The molecule has 1 unspecified atom stereocenters. The van der Waals surface area contributed by atoms with Crippen molar-refractivity contribution in [2.24, 2.45) is 0 Å². The Bertz CT molecular complexity index is 493. The van der Waals surface area contributed by atoms with Crippen molar-refractivity contribution >= 4 is 23.4 Å². The Morgan fingerprint density at radius 1 is 1.53 bits per heavy atom. The Morgan fingerprint density at radius 2 is 2.26 bits per heavy atom. The van der Waals surface area contributed by atoms with Gasteiger partial charge in [-0.15, -0.1) is 0 Å². The van der Waals surface area contributed by atoms with Gasteiger partial charge in [-0.2, -0.15) is 0 Å². The predicted molar refractivity (Wildman–Crippen MR) is 71.1 cm³/mol. The minimum absolute atomic E-state index is 0.124. The van der Waals surface area contributed by atoms with Gasteiger partial charge in [-0.05, 0) is 19.1 Å². The molecule has 2 rings (SSSR count). The largest absolute Gasteiger partial charge is 0.482 e. The lowest BCUT2D eigenvalue weighted by Crippen LogP contribution is -2.56. The molecule has 0 radical (unpaired) electrons. The third-order valence-corrected chi connectivity index (χ3v) is 3.32. The van der Waals surface area contributed by atoms with E-state index in [-0.39, 0.29) is 18.4 Å². The van der Waals surface area contributed by atoms with E-state index in [2.05, 4.69) is 5.32 Å². The second-order valence-corrected chi connectivity index (χ2v) is 4.68. The normalized spacial score (nSPS) is 18.9. The van der Waals surface area contributed by atoms with Crippen LogP contribution in [-0.2, 0) is 9.59 Å². The number of halogens is 1. The molecule has 1 aromatic rings. The average molecular weight is 283 g/mol. The molecule has 0 spiro atoms. The van der Waals surface area contributed by atoms with Gasteiger partial charge in [-0.25, -0.2) is 0 Å². The Kier molecular flexibility index (Phi) is 4.27. The Hall–Kier alpha value is -1.75. The van der Waals surface area contributed by atoms with Crippen molar-refractivity contribution in [2.45, 2.75) is 13.0 Å².